The van der Waals surface area contributed by atoms with Gasteiger partial charge in [-0.05, 0) is 18.6 Å². The molecule has 0 saturated heterocycles. The molecule has 0 fully saturated rings. The van der Waals surface area contributed by atoms with Crippen molar-refractivity contribution in [2.45, 2.75) is 31.2 Å². The van der Waals surface area contributed by atoms with Crippen LogP contribution in [-0.2, 0) is 10.0 Å². The first-order valence-corrected chi connectivity index (χ1v) is 8.83. The normalized spacial score (nSPS) is 15.5. The third kappa shape index (κ3) is 2.98. The number of hydrogen-bond donors (Lipinski definition) is 0. The number of sulfonamides is 1. The first-order chi connectivity index (χ1) is 8.65. The number of nitrogens with zero attached hydrogens (tertiary/aromatic N) is 2. The number of aromatic nitrogens is 1. The quantitative estimate of drug-likeness (QED) is 0.780. The summed E-state index contributed by atoms with van der Waals surface area (Å²) in [5, 5.41) is 0.822. The van der Waals surface area contributed by atoms with E-state index in [1.165, 1.54) is 4.31 Å². The van der Waals surface area contributed by atoms with Crippen molar-refractivity contribution in [2.24, 2.45) is 0 Å². The lowest BCUT2D eigenvalue weighted by Gasteiger charge is -2.29. The molecule has 2 heterocycles. The van der Waals surface area contributed by atoms with E-state index in [0.717, 1.165) is 35.7 Å². The van der Waals surface area contributed by atoms with Crippen LogP contribution in [0.1, 0.15) is 26.2 Å². The van der Waals surface area contributed by atoms with Crippen molar-refractivity contribution in [3.63, 3.8) is 0 Å². The van der Waals surface area contributed by atoms with E-state index in [9.17, 15) is 8.42 Å². The van der Waals surface area contributed by atoms with Crippen molar-refractivity contribution in [3.05, 3.63) is 18.3 Å². The molecule has 1 aliphatic heterocycles. The predicted molar refractivity (Wildman–Crippen MR) is 75.6 cm³/mol. The number of unbranched alkanes of at least 4 members (excludes halogenated alkanes) is 2. The van der Waals surface area contributed by atoms with Crippen LogP contribution in [0, 0.1) is 0 Å². The number of anilines is 1. The van der Waals surface area contributed by atoms with Crippen LogP contribution in [0.25, 0.3) is 0 Å². The molecule has 0 bridgehead atoms. The molecule has 4 nitrogen and oxygen atoms in total. The molecular formula is C12H18N2O2S2. The Morgan fingerprint density at radius 2 is 2.28 bits per heavy atom. The Kier molecular flexibility index (Phi) is 4.50. The zero-order chi connectivity index (χ0) is 13.0. The lowest BCUT2D eigenvalue weighted by Crippen LogP contribution is -2.37. The molecule has 0 spiro atoms. The highest BCUT2D eigenvalue weighted by molar-refractivity contribution is 7.99. The molecule has 18 heavy (non-hydrogen) atoms. The van der Waals surface area contributed by atoms with Crippen LogP contribution >= 0.6 is 11.8 Å². The third-order valence-corrected chi connectivity index (χ3v) is 5.72. The Balaban J connectivity index is 2.19. The van der Waals surface area contributed by atoms with Gasteiger partial charge in [-0.25, -0.2) is 13.4 Å². The molecule has 0 aliphatic carbocycles. The molecule has 0 aromatic carbocycles. The van der Waals surface area contributed by atoms with E-state index in [1.807, 2.05) is 6.07 Å². The van der Waals surface area contributed by atoms with Crippen LogP contribution in [0.5, 0.6) is 0 Å². The van der Waals surface area contributed by atoms with Crippen LogP contribution in [0.4, 0.5) is 5.69 Å². The van der Waals surface area contributed by atoms with Gasteiger partial charge in [0.2, 0.25) is 10.0 Å². The number of pyridine rings is 1. The van der Waals surface area contributed by atoms with Gasteiger partial charge in [-0.15, -0.1) is 11.8 Å². The van der Waals surface area contributed by atoms with E-state index < -0.39 is 10.0 Å². The zero-order valence-electron chi connectivity index (χ0n) is 10.5. The molecular weight excluding hydrogens is 268 g/mol. The van der Waals surface area contributed by atoms with E-state index >= 15 is 0 Å². The molecule has 0 radical (unpaired) electrons. The van der Waals surface area contributed by atoms with E-state index in [0.29, 0.717) is 6.54 Å². The average molecular weight is 286 g/mol. The van der Waals surface area contributed by atoms with Crippen LogP contribution in [0.2, 0.25) is 0 Å². The summed E-state index contributed by atoms with van der Waals surface area (Å²) in [7, 11) is -3.19. The summed E-state index contributed by atoms with van der Waals surface area (Å²) >= 11 is 1.62. The van der Waals surface area contributed by atoms with Crippen LogP contribution in [0.3, 0.4) is 0 Å². The molecule has 1 aromatic heterocycles. The number of hydrogen-bond acceptors (Lipinski definition) is 4. The topological polar surface area (TPSA) is 50.3 Å². The van der Waals surface area contributed by atoms with Crippen molar-refractivity contribution < 1.29 is 8.42 Å². The summed E-state index contributed by atoms with van der Waals surface area (Å²) < 4.78 is 26.2. The minimum Gasteiger partial charge on any atom is -0.267 e. The third-order valence-electron chi connectivity index (χ3n) is 2.89. The van der Waals surface area contributed by atoms with E-state index in [4.69, 9.17) is 0 Å². The van der Waals surface area contributed by atoms with Gasteiger partial charge in [-0.1, -0.05) is 19.8 Å². The fraction of sp³-hybridized carbons (Fsp3) is 0.583. The fourth-order valence-electron chi connectivity index (χ4n) is 1.96. The molecule has 100 valence electrons. The second kappa shape index (κ2) is 5.93. The summed E-state index contributed by atoms with van der Waals surface area (Å²) in [5.41, 5.74) is 0.741. The Morgan fingerprint density at radius 3 is 3.06 bits per heavy atom. The number of fused-ring (bicyclic) bond motifs is 1. The van der Waals surface area contributed by atoms with Crippen LogP contribution in [0.15, 0.2) is 23.4 Å². The first-order valence-electron chi connectivity index (χ1n) is 6.23. The highest BCUT2D eigenvalue weighted by atomic mass is 32.2. The van der Waals surface area contributed by atoms with Crippen molar-refractivity contribution >= 4 is 27.5 Å². The summed E-state index contributed by atoms with van der Waals surface area (Å²) in [6, 6.07) is 3.63. The van der Waals surface area contributed by atoms with E-state index in [2.05, 4.69) is 11.9 Å². The maximum Gasteiger partial charge on any atom is 0.235 e. The highest BCUT2D eigenvalue weighted by Crippen LogP contribution is 2.34. The van der Waals surface area contributed by atoms with Crippen molar-refractivity contribution in [1.82, 2.24) is 4.98 Å². The Bertz CT molecular complexity index is 503. The Morgan fingerprint density at radius 1 is 1.44 bits per heavy atom. The summed E-state index contributed by atoms with van der Waals surface area (Å²) in [5.74, 6) is 1.01. The number of rotatable bonds is 5. The Labute approximate surface area is 113 Å². The van der Waals surface area contributed by atoms with Crippen molar-refractivity contribution in [2.75, 3.05) is 22.4 Å². The molecule has 0 N–H and O–H groups in total. The van der Waals surface area contributed by atoms with Gasteiger partial charge in [-0.2, -0.15) is 0 Å². The molecule has 0 amide bonds. The minimum atomic E-state index is -3.19. The zero-order valence-corrected chi connectivity index (χ0v) is 12.1. The molecule has 1 aromatic rings. The molecule has 6 heteroatoms. The highest BCUT2D eigenvalue weighted by Gasteiger charge is 2.27. The van der Waals surface area contributed by atoms with Gasteiger partial charge in [0, 0.05) is 18.5 Å². The molecule has 1 aliphatic rings. The monoisotopic (exact) mass is 286 g/mol. The smallest absolute Gasteiger partial charge is 0.235 e. The molecule has 0 atom stereocenters. The second-order valence-corrected chi connectivity index (χ2v) is 7.37. The SMILES string of the molecule is CCCCCS(=O)(=O)N1CCSc2ncccc21. The average Bonchev–Trinajstić information content (AvgIpc) is 2.38. The Hall–Kier alpha value is -0.750. The predicted octanol–water partition coefficient (Wildman–Crippen LogP) is 2.51. The lowest BCUT2D eigenvalue weighted by atomic mass is 10.3. The van der Waals surface area contributed by atoms with Crippen LogP contribution < -0.4 is 4.31 Å². The van der Waals surface area contributed by atoms with Gasteiger partial charge in [-0.3, -0.25) is 4.31 Å². The van der Waals surface area contributed by atoms with Gasteiger partial charge in [0.05, 0.1) is 11.4 Å². The summed E-state index contributed by atoms with van der Waals surface area (Å²) in [6.45, 7) is 2.63. The summed E-state index contributed by atoms with van der Waals surface area (Å²) in [4.78, 5) is 4.24. The maximum atomic E-state index is 12.3. The van der Waals surface area contributed by atoms with Gasteiger partial charge in [0.15, 0.2) is 0 Å². The van der Waals surface area contributed by atoms with Gasteiger partial charge < -0.3 is 0 Å². The van der Waals surface area contributed by atoms with Gasteiger partial charge >= 0.3 is 0 Å². The largest absolute Gasteiger partial charge is 0.267 e. The maximum absolute atomic E-state index is 12.3. The van der Waals surface area contributed by atoms with Gasteiger partial charge in [0.1, 0.15) is 5.03 Å². The minimum absolute atomic E-state index is 0.236. The molecule has 2 rings (SSSR count). The summed E-state index contributed by atoms with van der Waals surface area (Å²) in [6.07, 6.45) is 4.43. The first kappa shape index (κ1) is 13.7. The molecule has 0 unspecified atom stereocenters. The van der Waals surface area contributed by atoms with Crippen LogP contribution in [-0.4, -0.2) is 31.5 Å². The fourth-order valence-corrected chi connectivity index (χ4v) is 4.67. The second-order valence-electron chi connectivity index (χ2n) is 4.27. The van der Waals surface area contributed by atoms with E-state index in [1.54, 1.807) is 24.0 Å². The standard InChI is InChI=1S/C12H18N2O2S2/c1-2-3-4-10-18(15,16)14-8-9-17-12-11(14)6-5-7-13-12/h5-7H,2-4,8-10H2,1H3. The van der Waals surface area contributed by atoms with Gasteiger partial charge in [0.25, 0.3) is 0 Å². The molecule has 0 saturated carbocycles. The van der Waals surface area contributed by atoms with E-state index in [-0.39, 0.29) is 5.75 Å². The number of thioether (sulfide) groups is 1. The lowest BCUT2D eigenvalue weighted by molar-refractivity contribution is 0.586. The van der Waals surface area contributed by atoms with Crippen molar-refractivity contribution in [1.29, 1.82) is 0 Å². The van der Waals surface area contributed by atoms with Crippen molar-refractivity contribution in [3.8, 4) is 0 Å².